The molecule has 2 aromatic carbocycles. The molecule has 26 heavy (non-hydrogen) atoms. The molecule has 134 valence electrons. The van der Waals surface area contributed by atoms with Gasteiger partial charge in [0, 0.05) is 10.9 Å². The van der Waals surface area contributed by atoms with Gasteiger partial charge in [-0.2, -0.15) is 0 Å². The van der Waals surface area contributed by atoms with Crippen LogP contribution in [0.2, 0.25) is 0 Å². The van der Waals surface area contributed by atoms with Gasteiger partial charge >= 0.3 is 0 Å². The highest BCUT2D eigenvalue weighted by atomic mass is 32.1. The molecule has 0 aliphatic heterocycles. The average molecular weight is 372 g/mol. The quantitative estimate of drug-likeness (QED) is 0.706. The van der Waals surface area contributed by atoms with E-state index in [9.17, 15) is 9.18 Å². The summed E-state index contributed by atoms with van der Waals surface area (Å²) in [5.41, 5.74) is 2.05. The molecular formula is C19H17FN2O3S. The number of carbonyl (C=O) groups is 1. The maximum absolute atomic E-state index is 13.2. The summed E-state index contributed by atoms with van der Waals surface area (Å²) < 4.78 is 23.8. The van der Waals surface area contributed by atoms with E-state index in [-0.39, 0.29) is 18.1 Å². The second-order valence-electron chi connectivity index (χ2n) is 5.46. The summed E-state index contributed by atoms with van der Waals surface area (Å²) in [6, 6.07) is 11.4. The Bertz CT molecular complexity index is 927. The number of hydrogen-bond acceptors (Lipinski definition) is 5. The van der Waals surface area contributed by atoms with Crippen LogP contribution in [0.1, 0.15) is 5.56 Å². The Morgan fingerprint density at radius 2 is 2.04 bits per heavy atom. The van der Waals surface area contributed by atoms with Crippen molar-refractivity contribution in [3.05, 3.63) is 59.2 Å². The van der Waals surface area contributed by atoms with Crippen LogP contribution in [0.25, 0.3) is 11.3 Å². The van der Waals surface area contributed by atoms with E-state index < -0.39 is 0 Å². The molecule has 3 rings (SSSR count). The normalized spacial score (nSPS) is 10.4. The van der Waals surface area contributed by atoms with E-state index in [0.717, 1.165) is 5.56 Å². The lowest BCUT2D eigenvalue weighted by Gasteiger charge is -2.08. The van der Waals surface area contributed by atoms with Crippen molar-refractivity contribution in [2.45, 2.75) is 6.42 Å². The zero-order valence-corrected chi connectivity index (χ0v) is 15.1. The molecule has 0 radical (unpaired) electrons. The number of rotatable bonds is 6. The van der Waals surface area contributed by atoms with Gasteiger partial charge in [-0.15, -0.1) is 11.3 Å². The minimum atomic E-state index is -0.364. The molecule has 1 aromatic heterocycles. The van der Waals surface area contributed by atoms with E-state index >= 15 is 0 Å². The van der Waals surface area contributed by atoms with E-state index in [4.69, 9.17) is 9.47 Å². The number of ether oxygens (including phenoxy) is 2. The first-order chi connectivity index (χ1) is 12.6. The van der Waals surface area contributed by atoms with E-state index in [1.54, 1.807) is 38.5 Å². The van der Waals surface area contributed by atoms with Gasteiger partial charge in [0.25, 0.3) is 0 Å². The molecule has 0 saturated carbocycles. The SMILES string of the molecule is COc1ccc(OC)c(-c2csc(NC(=O)Cc3cccc(F)c3)n2)c1. The second-order valence-corrected chi connectivity index (χ2v) is 6.32. The van der Waals surface area contributed by atoms with Gasteiger partial charge in [-0.05, 0) is 35.9 Å². The molecule has 3 aromatic rings. The van der Waals surface area contributed by atoms with Crippen LogP contribution in [-0.4, -0.2) is 25.1 Å². The fourth-order valence-electron chi connectivity index (χ4n) is 2.46. The first-order valence-corrected chi connectivity index (χ1v) is 8.69. The number of hydrogen-bond donors (Lipinski definition) is 1. The molecule has 0 aliphatic rings. The average Bonchev–Trinajstić information content (AvgIpc) is 3.09. The topological polar surface area (TPSA) is 60.5 Å². The van der Waals surface area contributed by atoms with Gasteiger partial charge in [-0.1, -0.05) is 12.1 Å². The van der Waals surface area contributed by atoms with E-state index in [0.29, 0.717) is 27.9 Å². The lowest BCUT2D eigenvalue weighted by Crippen LogP contribution is -2.14. The highest BCUT2D eigenvalue weighted by Gasteiger charge is 2.13. The fourth-order valence-corrected chi connectivity index (χ4v) is 3.19. The molecule has 0 saturated heterocycles. The number of nitrogens with one attached hydrogen (secondary N) is 1. The molecule has 0 aliphatic carbocycles. The molecular weight excluding hydrogens is 355 g/mol. The third-order valence-electron chi connectivity index (χ3n) is 3.69. The Morgan fingerprint density at radius 3 is 2.77 bits per heavy atom. The Hall–Kier alpha value is -2.93. The number of aromatic nitrogens is 1. The Labute approximate surface area is 154 Å². The van der Waals surface area contributed by atoms with Crippen LogP contribution in [-0.2, 0) is 11.2 Å². The largest absolute Gasteiger partial charge is 0.497 e. The lowest BCUT2D eigenvalue weighted by molar-refractivity contribution is -0.115. The molecule has 0 atom stereocenters. The third-order valence-corrected chi connectivity index (χ3v) is 4.44. The van der Waals surface area contributed by atoms with Crippen molar-refractivity contribution < 1.29 is 18.7 Å². The molecule has 7 heteroatoms. The molecule has 0 unspecified atom stereocenters. The van der Waals surface area contributed by atoms with Gasteiger partial charge in [-0.25, -0.2) is 9.37 Å². The monoisotopic (exact) mass is 372 g/mol. The molecule has 1 heterocycles. The predicted molar refractivity (Wildman–Crippen MR) is 99.4 cm³/mol. The van der Waals surface area contributed by atoms with Crippen molar-refractivity contribution >= 4 is 22.4 Å². The fraction of sp³-hybridized carbons (Fsp3) is 0.158. The van der Waals surface area contributed by atoms with Crippen LogP contribution in [0.3, 0.4) is 0 Å². The lowest BCUT2D eigenvalue weighted by atomic mass is 10.1. The van der Waals surface area contributed by atoms with Crippen molar-refractivity contribution in [1.29, 1.82) is 0 Å². The summed E-state index contributed by atoms with van der Waals surface area (Å²) in [4.78, 5) is 16.6. The van der Waals surface area contributed by atoms with Gasteiger partial charge in [0.05, 0.1) is 26.3 Å². The Balaban J connectivity index is 1.75. The van der Waals surface area contributed by atoms with Gasteiger partial charge in [-0.3, -0.25) is 4.79 Å². The summed E-state index contributed by atoms with van der Waals surface area (Å²) in [5.74, 6) is 0.727. The number of carbonyl (C=O) groups excluding carboxylic acids is 1. The van der Waals surface area contributed by atoms with Gasteiger partial charge in [0.1, 0.15) is 17.3 Å². The van der Waals surface area contributed by atoms with Gasteiger partial charge < -0.3 is 14.8 Å². The summed E-state index contributed by atoms with van der Waals surface area (Å²) in [6.45, 7) is 0. The van der Waals surface area contributed by atoms with Crippen LogP contribution in [0.4, 0.5) is 9.52 Å². The number of thiazole rings is 1. The van der Waals surface area contributed by atoms with Crippen molar-refractivity contribution in [1.82, 2.24) is 4.98 Å². The van der Waals surface area contributed by atoms with Crippen LogP contribution in [0.15, 0.2) is 47.8 Å². The zero-order valence-electron chi connectivity index (χ0n) is 14.3. The smallest absolute Gasteiger partial charge is 0.230 e. The third kappa shape index (κ3) is 4.18. The van der Waals surface area contributed by atoms with Crippen LogP contribution < -0.4 is 14.8 Å². The molecule has 1 amide bonds. The first-order valence-electron chi connectivity index (χ1n) is 7.81. The summed E-state index contributed by atoms with van der Waals surface area (Å²) in [6.07, 6.45) is 0.0785. The first kappa shape index (κ1) is 17.9. The minimum Gasteiger partial charge on any atom is -0.497 e. The highest BCUT2D eigenvalue weighted by Crippen LogP contribution is 2.35. The highest BCUT2D eigenvalue weighted by molar-refractivity contribution is 7.14. The maximum Gasteiger partial charge on any atom is 0.230 e. The summed E-state index contributed by atoms with van der Waals surface area (Å²) in [7, 11) is 3.17. The molecule has 5 nitrogen and oxygen atoms in total. The van der Waals surface area contributed by atoms with Gasteiger partial charge in [0.2, 0.25) is 5.91 Å². The molecule has 0 fully saturated rings. The van der Waals surface area contributed by atoms with Crippen molar-refractivity contribution in [2.24, 2.45) is 0 Å². The second kappa shape index (κ2) is 7.97. The number of halogens is 1. The Morgan fingerprint density at radius 1 is 1.19 bits per heavy atom. The number of benzene rings is 2. The number of anilines is 1. The number of nitrogens with zero attached hydrogens (tertiary/aromatic N) is 1. The van der Waals surface area contributed by atoms with Crippen molar-refractivity contribution in [3.63, 3.8) is 0 Å². The van der Waals surface area contributed by atoms with Crippen LogP contribution in [0.5, 0.6) is 11.5 Å². The molecule has 1 N–H and O–H groups in total. The minimum absolute atomic E-state index is 0.0785. The predicted octanol–water partition coefficient (Wildman–Crippen LogP) is 4.15. The van der Waals surface area contributed by atoms with E-state index in [1.807, 2.05) is 11.4 Å². The van der Waals surface area contributed by atoms with E-state index in [2.05, 4.69) is 10.3 Å². The van der Waals surface area contributed by atoms with Crippen LogP contribution in [0, 0.1) is 5.82 Å². The van der Waals surface area contributed by atoms with Crippen molar-refractivity contribution in [2.75, 3.05) is 19.5 Å². The van der Waals surface area contributed by atoms with E-state index in [1.165, 1.54) is 23.5 Å². The van der Waals surface area contributed by atoms with Crippen molar-refractivity contribution in [3.8, 4) is 22.8 Å². The number of methoxy groups -OCH3 is 2. The van der Waals surface area contributed by atoms with Gasteiger partial charge in [0.15, 0.2) is 5.13 Å². The zero-order chi connectivity index (χ0) is 18.5. The summed E-state index contributed by atoms with van der Waals surface area (Å²) >= 11 is 1.31. The number of amides is 1. The molecule has 0 bridgehead atoms. The maximum atomic E-state index is 13.2. The molecule has 0 spiro atoms. The summed E-state index contributed by atoms with van der Waals surface area (Å²) in [5, 5.41) is 5.03. The van der Waals surface area contributed by atoms with Crippen LogP contribution >= 0.6 is 11.3 Å². The Kier molecular flexibility index (Phi) is 5.48. The standard InChI is InChI=1S/C19H17FN2O3S/c1-24-14-6-7-17(25-2)15(10-14)16-11-26-19(21-16)22-18(23)9-12-4-3-5-13(20)8-12/h3-8,10-11H,9H2,1-2H3,(H,21,22,23).